The van der Waals surface area contributed by atoms with Gasteiger partial charge in [-0.25, -0.2) is 0 Å². The second kappa shape index (κ2) is 17.2. The van der Waals surface area contributed by atoms with E-state index < -0.39 is 5.97 Å². The summed E-state index contributed by atoms with van der Waals surface area (Å²) < 4.78 is 4.81. The summed E-state index contributed by atoms with van der Waals surface area (Å²) in [4.78, 5) is 33.8. The molecule has 0 heterocycles. The molecule has 5 heteroatoms. The molecular formula is C32H60O5. The molecule has 4 fully saturated rings. The van der Waals surface area contributed by atoms with Crippen LogP contribution in [-0.2, 0) is 19.1 Å². The molecule has 0 aromatic carbocycles. The first-order chi connectivity index (χ1) is 17.6. The summed E-state index contributed by atoms with van der Waals surface area (Å²) in [5, 5.41) is 7.42. The Bertz CT molecular complexity index is 685. The zero-order valence-electron chi connectivity index (χ0n) is 26.0. The van der Waals surface area contributed by atoms with Gasteiger partial charge in [-0.05, 0) is 85.9 Å². The Hall–Kier alpha value is -1.39. The molecule has 0 radical (unpaired) electrons. The summed E-state index contributed by atoms with van der Waals surface area (Å²) in [7, 11) is 1.48. The molecule has 0 aromatic heterocycles. The largest absolute Gasteiger partial charge is 0.481 e. The number of ketones is 1. The lowest BCUT2D eigenvalue weighted by molar-refractivity contribution is -0.155. The van der Waals surface area contributed by atoms with E-state index in [2.05, 4.69) is 13.8 Å². The van der Waals surface area contributed by atoms with Crippen LogP contribution in [0.15, 0.2) is 0 Å². The highest BCUT2D eigenvalue weighted by atomic mass is 16.5. The van der Waals surface area contributed by atoms with E-state index in [1.807, 2.05) is 41.5 Å². The molecule has 0 saturated heterocycles. The van der Waals surface area contributed by atoms with Crippen molar-refractivity contribution in [2.24, 2.45) is 40.4 Å². The normalized spacial score (nSPS) is 35.0. The van der Waals surface area contributed by atoms with E-state index in [1.54, 1.807) is 0 Å². The highest BCUT2D eigenvalue weighted by Gasteiger charge is 2.61. The van der Waals surface area contributed by atoms with E-state index >= 15 is 0 Å². The smallest absolute Gasteiger partial charge is 0.305 e. The molecule has 5 nitrogen and oxygen atoms in total. The number of ether oxygens (including phenoxy) is 1. The number of carbonyl (C=O) groups is 3. The minimum absolute atomic E-state index is 0.0860. The quantitative estimate of drug-likeness (QED) is 0.372. The van der Waals surface area contributed by atoms with E-state index in [4.69, 9.17) is 14.6 Å². The van der Waals surface area contributed by atoms with Crippen LogP contribution in [0, 0.1) is 40.4 Å². The van der Waals surface area contributed by atoms with Crippen LogP contribution in [0.25, 0.3) is 0 Å². The minimum atomic E-state index is -0.833. The van der Waals surface area contributed by atoms with Crippen molar-refractivity contribution >= 4 is 17.7 Å². The average Bonchev–Trinajstić information content (AvgIpc) is 3.23. The molecule has 0 aromatic rings. The third-order valence-corrected chi connectivity index (χ3v) is 9.75. The van der Waals surface area contributed by atoms with Crippen molar-refractivity contribution in [3.05, 3.63) is 0 Å². The molecule has 0 bridgehead atoms. The van der Waals surface area contributed by atoms with E-state index in [9.17, 15) is 9.59 Å². The van der Waals surface area contributed by atoms with Gasteiger partial charge in [0.2, 0.25) is 0 Å². The predicted octanol–water partition coefficient (Wildman–Crippen LogP) is 8.73. The SMILES string of the molecule is CC.CC.CC.CC(=O)O.COC(=O)CCCC1CCC2C3C(=O)CC4CCCCC4(C)C3CCC12C. The molecule has 4 saturated carbocycles. The summed E-state index contributed by atoms with van der Waals surface area (Å²) in [6, 6.07) is 0. The third kappa shape index (κ3) is 8.55. The molecule has 4 aliphatic carbocycles. The fourth-order valence-electron chi connectivity index (χ4n) is 8.14. The number of carbonyl (C=O) groups excluding carboxylic acids is 2. The molecule has 0 aliphatic heterocycles. The van der Waals surface area contributed by atoms with Crippen LogP contribution in [0.5, 0.6) is 0 Å². The zero-order valence-corrected chi connectivity index (χ0v) is 26.0. The van der Waals surface area contributed by atoms with Crippen molar-refractivity contribution in [2.75, 3.05) is 7.11 Å². The lowest BCUT2D eigenvalue weighted by Gasteiger charge is -2.59. The third-order valence-electron chi connectivity index (χ3n) is 9.75. The first kappa shape index (κ1) is 35.6. The second-order valence-electron chi connectivity index (χ2n) is 11.2. The molecule has 7 unspecified atom stereocenters. The predicted molar refractivity (Wildman–Crippen MR) is 153 cm³/mol. The number of fused-ring (bicyclic) bond motifs is 5. The minimum Gasteiger partial charge on any atom is -0.481 e. The first-order valence-electron chi connectivity index (χ1n) is 15.4. The molecule has 0 spiro atoms. The molecule has 1 N–H and O–H groups in total. The maximum absolute atomic E-state index is 13.3. The Labute approximate surface area is 228 Å². The Balaban J connectivity index is 0.00000114. The molecule has 7 atom stereocenters. The lowest BCUT2D eigenvalue weighted by Crippen LogP contribution is -2.56. The van der Waals surface area contributed by atoms with E-state index in [0.717, 1.165) is 26.2 Å². The topological polar surface area (TPSA) is 80.7 Å². The number of rotatable bonds is 4. The highest BCUT2D eigenvalue weighted by Crippen LogP contribution is 2.67. The molecule has 4 rings (SSSR count). The second-order valence-corrected chi connectivity index (χ2v) is 11.2. The van der Waals surface area contributed by atoms with Crippen LogP contribution in [0.1, 0.15) is 139 Å². The summed E-state index contributed by atoms with van der Waals surface area (Å²) in [5.74, 6) is 2.57. The number of hydrogen-bond acceptors (Lipinski definition) is 4. The Kier molecular flexibility index (Phi) is 16.6. The highest BCUT2D eigenvalue weighted by molar-refractivity contribution is 5.83. The monoisotopic (exact) mass is 524 g/mol. The van der Waals surface area contributed by atoms with Crippen molar-refractivity contribution in [1.29, 1.82) is 0 Å². The van der Waals surface area contributed by atoms with Gasteiger partial charge in [-0.15, -0.1) is 0 Å². The zero-order chi connectivity index (χ0) is 28.8. The maximum Gasteiger partial charge on any atom is 0.305 e. The van der Waals surface area contributed by atoms with Crippen molar-refractivity contribution < 1.29 is 24.2 Å². The van der Waals surface area contributed by atoms with Gasteiger partial charge in [-0.3, -0.25) is 14.4 Å². The number of esters is 1. The van der Waals surface area contributed by atoms with Crippen molar-refractivity contribution in [3.8, 4) is 0 Å². The summed E-state index contributed by atoms with van der Waals surface area (Å²) in [6.07, 6.45) is 13.8. The number of carboxylic acids is 1. The Morgan fingerprint density at radius 3 is 2.03 bits per heavy atom. The number of Topliss-reactive ketones (excluding diaryl/α,β-unsaturated/α-hetero) is 1. The van der Waals surface area contributed by atoms with Crippen LogP contribution in [0.2, 0.25) is 0 Å². The van der Waals surface area contributed by atoms with Gasteiger partial charge in [0.15, 0.2) is 0 Å². The van der Waals surface area contributed by atoms with Gasteiger partial charge in [0.1, 0.15) is 5.78 Å². The number of carboxylic acid groups (broad SMARTS) is 1. The first-order valence-corrected chi connectivity index (χ1v) is 15.4. The fourth-order valence-corrected chi connectivity index (χ4v) is 8.14. The Morgan fingerprint density at radius 1 is 0.892 bits per heavy atom. The van der Waals surface area contributed by atoms with Gasteiger partial charge >= 0.3 is 5.97 Å². The van der Waals surface area contributed by atoms with E-state index in [-0.39, 0.29) is 5.97 Å². The molecule has 4 aliphatic rings. The van der Waals surface area contributed by atoms with Crippen LogP contribution in [0.3, 0.4) is 0 Å². The standard InChI is InChI=1S/C24H38O3.C2H4O2.3C2H6/c1-23-13-5-4-7-17(23)15-20(25)22-18-11-10-16(8-6-9-21(26)27-3)24(18,2)14-12-19(22)23;1-2(3)4;3*1-2/h16-19,22H,4-15H2,1-3H3;1H3,(H,3,4);3*1-2H3. The van der Waals surface area contributed by atoms with E-state index in [1.165, 1.54) is 58.5 Å². The molecule has 218 valence electrons. The maximum atomic E-state index is 13.3. The average molecular weight is 525 g/mol. The number of hydrogen-bond donors (Lipinski definition) is 1. The van der Waals surface area contributed by atoms with Gasteiger partial charge in [0.05, 0.1) is 7.11 Å². The number of aliphatic carboxylic acids is 1. The molecule has 0 amide bonds. The van der Waals surface area contributed by atoms with Gasteiger partial charge in [0, 0.05) is 25.7 Å². The van der Waals surface area contributed by atoms with Crippen LogP contribution in [-0.4, -0.2) is 29.9 Å². The van der Waals surface area contributed by atoms with Gasteiger partial charge in [-0.1, -0.05) is 68.2 Å². The summed E-state index contributed by atoms with van der Waals surface area (Å²) in [6.45, 7) is 18.1. The lowest BCUT2D eigenvalue weighted by atomic mass is 9.44. The van der Waals surface area contributed by atoms with Gasteiger partial charge < -0.3 is 9.84 Å². The summed E-state index contributed by atoms with van der Waals surface area (Å²) in [5.41, 5.74) is 0.728. The van der Waals surface area contributed by atoms with Gasteiger partial charge in [0.25, 0.3) is 5.97 Å². The summed E-state index contributed by atoms with van der Waals surface area (Å²) >= 11 is 0. The Morgan fingerprint density at radius 2 is 1.46 bits per heavy atom. The number of methoxy groups -OCH3 is 1. The van der Waals surface area contributed by atoms with Gasteiger partial charge in [-0.2, -0.15) is 0 Å². The van der Waals surface area contributed by atoms with Crippen LogP contribution in [0.4, 0.5) is 0 Å². The fraction of sp³-hybridized carbons (Fsp3) is 0.906. The van der Waals surface area contributed by atoms with Crippen molar-refractivity contribution in [3.63, 3.8) is 0 Å². The van der Waals surface area contributed by atoms with Crippen LogP contribution < -0.4 is 0 Å². The van der Waals surface area contributed by atoms with Crippen molar-refractivity contribution in [2.45, 2.75) is 139 Å². The van der Waals surface area contributed by atoms with Crippen molar-refractivity contribution in [1.82, 2.24) is 0 Å². The van der Waals surface area contributed by atoms with E-state index in [0.29, 0.717) is 52.6 Å². The molecule has 37 heavy (non-hydrogen) atoms. The molecular weight excluding hydrogens is 464 g/mol. The van der Waals surface area contributed by atoms with Crippen LogP contribution >= 0.6 is 0 Å².